The van der Waals surface area contributed by atoms with Gasteiger partial charge in [-0.05, 0) is 0 Å². The molecular formula is C3H6O5. The fraction of sp³-hybridized carbons (Fsp3) is 0.667. The molecule has 0 aliphatic carbocycles. The van der Waals surface area contributed by atoms with Crippen LogP contribution in [0.15, 0.2) is 0 Å². The van der Waals surface area contributed by atoms with Gasteiger partial charge < -0.3 is 20.4 Å². The van der Waals surface area contributed by atoms with Gasteiger partial charge in [-0.15, -0.1) is 0 Å². The second kappa shape index (κ2) is 2.19. The van der Waals surface area contributed by atoms with Crippen LogP contribution >= 0.6 is 0 Å². The van der Waals surface area contributed by atoms with Gasteiger partial charge in [0.1, 0.15) is 0 Å². The first-order chi connectivity index (χ1) is 3.50. The topological polar surface area (TPSA) is 98.0 Å². The summed E-state index contributed by atoms with van der Waals surface area (Å²) in [7, 11) is 0. The van der Waals surface area contributed by atoms with E-state index in [1.807, 2.05) is 0 Å². The third kappa shape index (κ3) is 1.55. The Kier molecular flexibility index (Phi) is 2.05. The number of aliphatic hydroxyl groups excluding tert-OH is 1. The molecule has 0 bridgehead atoms. The molecule has 5 heteroatoms. The number of aldehydes is 1. The molecule has 0 radical (unpaired) electrons. The van der Waals surface area contributed by atoms with Crippen LogP contribution < -0.4 is 0 Å². The number of hydrogen-bond acceptors (Lipinski definition) is 5. The summed E-state index contributed by atoms with van der Waals surface area (Å²) in [6.07, 6.45) is -2.82. The monoisotopic (exact) mass is 122 g/mol. The summed E-state index contributed by atoms with van der Waals surface area (Å²) in [5.74, 6) is -3.03. The molecule has 0 spiro atoms. The first-order valence-electron chi connectivity index (χ1n) is 1.78. The summed E-state index contributed by atoms with van der Waals surface area (Å²) in [6, 6.07) is 0. The van der Waals surface area contributed by atoms with Gasteiger partial charge in [-0.3, -0.25) is 4.79 Å². The quantitative estimate of drug-likeness (QED) is 0.234. The average Bonchev–Trinajstić information content (AvgIpc) is 1.67. The van der Waals surface area contributed by atoms with Gasteiger partial charge in [0, 0.05) is 0 Å². The molecule has 0 aromatic rings. The van der Waals surface area contributed by atoms with Gasteiger partial charge in [0.2, 0.25) is 6.29 Å². The van der Waals surface area contributed by atoms with Crippen LogP contribution in [0.25, 0.3) is 0 Å². The summed E-state index contributed by atoms with van der Waals surface area (Å²) in [5, 5.41) is 32.0. The minimum Gasteiger partial charge on any atom is -0.363 e. The summed E-state index contributed by atoms with van der Waals surface area (Å²) >= 11 is 0. The fourth-order valence-electron chi connectivity index (χ4n) is 0.0609. The molecule has 0 heterocycles. The van der Waals surface area contributed by atoms with E-state index < -0.39 is 12.1 Å². The van der Waals surface area contributed by atoms with Crippen LogP contribution in [0.1, 0.15) is 0 Å². The lowest BCUT2D eigenvalue weighted by molar-refractivity contribution is -0.264. The highest BCUT2D eigenvalue weighted by Gasteiger charge is 2.30. The highest BCUT2D eigenvalue weighted by molar-refractivity contribution is 5.59. The van der Waals surface area contributed by atoms with Crippen LogP contribution in [0.5, 0.6) is 0 Å². The van der Waals surface area contributed by atoms with E-state index in [0.717, 1.165) is 0 Å². The maximum Gasteiger partial charge on any atom is 0.273 e. The Labute approximate surface area is 44.8 Å². The highest BCUT2D eigenvalue weighted by Crippen LogP contribution is 1.97. The van der Waals surface area contributed by atoms with Crippen LogP contribution in [0, 0.1) is 0 Å². The van der Waals surface area contributed by atoms with Crippen molar-refractivity contribution in [3.8, 4) is 0 Å². The molecular weight excluding hydrogens is 116 g/mol. The standard InChI is InChI=1S/C3H6O5/c4-1-3(7,8)2(5)6/h1-2,5-8H. The normalized spacial score (nSPS) is 12.1. The Morgan fingerprint density at radius 1 is 1.38 bits per heavy atom. The number of carbonyl (C=O) groups excluding carboxylic acids is 1. The van der Waals surface area contributed by atoms with Crippen molar-refractivity contribution < 1.29 is 25.2 Å². The van der Waals surface area contributed by atoms with E-state index in [0.29, 0.717) is 0 Å². The van der Waals surface area contributed by atoms with Crippen molar-refractivity contribution in [3.63, 3.8) is 0 Å². The molecule has 0 amide bonds. The second-order valence-electron chi connectivity index (χ2n) is 1.27. The Bertz CT molecular complexity index is 85.7. The molecule has 0 aliphatic heterocycles. The van der Waals surface area contributed by atoms with Crippen LogP contribution in [0.3, 0.4) is 0 Å². The van der Waals surface area contributed by atoms with Gasteiger partial charge in [0.05, 0.1) is 0 Å². The van der Waals surface area contributed by atoms with Crippen LogP contribution in [-0.4, -0.2) is 38.8 Å². The molecule has 0 saturated heterocycles. The fourth-order valence-corrected chi connectivity index (χ4v) is 0.0609. The lowest BCUT2D eigenvalue weighted by Crippen LogP contribution is -2.43. The number of rotatable bonds is 2. The minimum absolute atomic E-state index is 0.377. The van der Waals surface area contributed by atoms with Crippen LogP contribution in [0.4, 0.5) is 0 Å². The average molecular weight is 122 g/mol. The van der Waals surface area contributed by atoms with Gasteiger partial charge >= 0.3 is 0 Å². The van der Waals surface area contributed by atoms with Crippen molar-refractivity contribution in [2.45, 2.75) is 12.1 Å². The maximum absolute atomic E-state index is 9.45. The molecule has 0 aliphatic rings. The third-order valence-corrected chi connectivity index (χ3v) is 0.553. The number of carbonyl (C=O) groups is 1. The van der Waals surface area contributed by atoms with E-state index in [2.05, 4.69) is 0 Å². The third-order valence-electron chi connectivity index (χ3n) is 0.553. The number of aliphatic hydroxyl groups is 4. The Morgan fingerprint density at radius 3 is 1.75 bits per heavy atom. The van der Waals surface area contributed by atoms with Crippen LogP contribution in [0.2, 0.25) is 0 Å². The molecule has 0 aromatic heterocycles. The van der Waals surface area contributed by atoms with E-state index in [9.17, 15) is 4.79 Å². The van der Waals surface area contributed by atoms with Gasteiger partial charge in [0.15, 0.2) is 6.29 Å². The van der Waals surface area contributed by atoms with Crippen molar-refractivity contribution in [2.24, 2.45) is 0 Å². The molecule has 5 nitrogen and oxygen atoms in total. The molecule has 0 saturated carbocycles. The van der Waals surface area contributed by atoms with Gasteiger partial charge in [-0.25, -0.2) is 0 Å². The van der Waals surface area contributed by atoms with Gasteiger partial charge in [-0.2, -0.15) is 0 Å². The zero-order valence-electron chi connectivity index (χ0n) is 3.85. The lowest BCUT2D eigenvalue weighted by Gasteiger charge is -2.14. The molecule has 0 fully saturated rings. The summed E-state index contributed by atoms with van der Waals surface area (Å²) in [4.78, 5) is 9.45. The molecule has 0 aromatic carbocycles. The van der Waals surface area contributed by atoms with E-state index in [1.165, 1.54) is 0 Å². The zero-order valence-corrected chi connectivity index (χ0v) is 3.85. The van der Waals surface area contributed by atoms with Gasteiger partial charge in [-0.1, -0.05) is 0 Å². The van der Waals surface area contributed by atoms with E-state index in [4.69, 9.17) is 20.4 Å². The molecule has 4 N–H and O–H groups in total. The molecule has 48 valence electrons. The predicted octanol–water partition coefficient (Wildman–Crippen LogP) is -2.82. The van der Waals surface area contributed by atoms with E-state index in [-0.39, 0.29) is 6.29 Å². The summed E-state index contributed by atoms with van der Waals surface area (Å²) < 4.78 is 0. The van der Waals surface area contributed by atoms with E-state index >= 15 is 0 Å². The molecule has 8 heavy (non-hydrogen) atoms. The zero-order chi connectivity index (χ0) is 6.78. The molecule has 0 atom stereocenters. The van der Waals surface area contributed by atoms with Crippen molar-refractivity contribution in [1.29, 1.82) is 0 Å². The van der Waals surface area contributed by atoms with Gasteiger partial charge in [0.25, 0.3) is 5.79 Å². The van der Waals surface area contributed by atoms with Crippen molar-refractivity contribution in [1.82, 2.24) is 0 Å². The minimum atomic E-state index is -3.03. The first-order valence-corrected chi connectivity index (χ1v) is 1.78. The predicted molar refractivity (Wildman–Crippen MR) is 21.5 cm³/mol. The Hall–Kier alpha value is -0.490. The van der Waals surface area contributed by atoms with Crippen LogP contribution in [-0.2, 0) is 4.79 Å². The maximum atomic E-state index is 9.45. The molecule has 0 unspecified atom stereocenters. The summed E-state index contributed by atoms with van der Waals surface area (Å²) in [5.41, 5.74) is 0. The largest absolute Gasteiger partial charge is 0.363 e. The number of hydrogen-bond donors (Lipinski definition) is 4. The summed E-state index contributed by atoms with van der Waals surface area (Å²) in [6.45, 7) is 0. The SMILES string of the molecule is O=CC(O)(O)C(O)O. The second-order valence-corrected chi connectivity index (χ2v) is 1.27. The lowest BCUT2D eigenvalue weighted by atomic mass is 10.3. The van der Waals surface area contributed by atoms with E-state index in [1.54, 1.807) is 0 Å². The Morgan fingerprint density at radius 2 is 1.75 bits per heavy atom. The van der Waals surface area contributed by atoms with Crippen molar-refractivity contribution in [3.05, 3.63) is 0 Å². The van der Waals surface area contributed by atoms with Crippen molar-refractivity contribution in [2.75, 3.05) is 0 Å². The smallest absolute Gasteiger partial charge is 0.273 e. The Balaban J connectivity index is 3.90. The highest BCUT2D eigenvalue weighted by atomic mass is 16.6. The molecule has 0 rings (SSSR count). The first kappa shape index (κ1) is 7.51. The van der Waals surface area contributed by atoms with Crippen molar-refractivity contribution >= 4 is 6.29 Å².